The molecule has 1 aromatic carbocycles. The smallest absolute Gasteiger partial charge is 0.267 e. The van der Waals surface area contributed by atoms with E-state index in [9.17, 15) is 4.79 Å². The van der Waals surface area contributed by atoms with Crippen molar-refractivity contribution in [2.45, 2.75) is 6.42 Å². The molecule has 7 nitrogen and oxygen atoms in total. The highest BCUT2D eigenvalue weighted by atomic mass is 16.3. The Balaban J connectivity index is 1.26. The average Bonchev–Trinajstić information content (AvgIpc) is 3.16. The maximum atomic E-state index is 12.8. The van der Waals surface area contributed by atoms with Crippen molar-refractivity contribution in [3.8, 4) is 0 Å². The molecule has 2 aliphatic heterocycles. The summed E-state index contributed by atoms with van der Waals surface area (Å²) in [7, 11) is 0. The third-order valence-electron chi connectivity index (χ3n) is 5.96. The molecule has 2 aromatic rings. The van der Waals surface area contributed by atoms with E-state index in [2.05, 4.69) is 26.2 Å². The predicted molar refractivity (Wildman–Crippen MR) is 115 cm³/mol. The highest BCUT2D eigenvalue weighted by Crippen LogP contribution is 2.15. The number of hydrogen-bond donors (Lipinski definition) is 2. The number of β-amino-alcohol motifs (C(OH)–C–C–N with tert-alkyl or cyclic N) is 1. The summed E-state index contributed by atoms with van der Waals surface area (Å²) in [4.78, 5) is 20.0. The van der Waals surface area contributed by atoms with Gasteiger partial charge in [0, 0.05) is 76.1 Å². The number of carbonyl (C=O) groups excluding carboxylic acids is 1. The van der Waals surface area contributed by atoms with Crippen LogP contribution in [0.3, 0.4) is 0 Å². The number of aliphatic hydroxyl groups is 1. The van der Waals surface area contributed by atoms with Gasteiger partial charge in [-0.15, -0.1) is 0 Å². The number of nitrogens with zero attached hydrogens (tertiary/aromatic N) is 4. The zero-order valence-electron chi connectivity index (χ0n) is 17.0. The van der Waals surface area contributed by atoms with Gasteiger partial charge in [0.1, 0.15) is 0 Å². The van der Waals surface area contributed by atoms with Gasteiger partial charge in [-0.05, 0) is 18.6 Å². The summed E-state index contributed by atoms with van der Waals surface area (Å²) in [6.07, 6.45) is 4.89. The van der Waals surface area contributed by atoms with Crippen LogP contribution in [0.25, 0.3) is 10.9 Å². The molecule has 0 unspecified atom stereocenters. The molecule has 7 heteroatoms. The number of carbonyl (C=O) groups is 1. The summed E-state index contributed by atoms with van der Waals surface area (Å²) < 4.78 is 1.81. The molecule has 4 rings (SSSR count). The minimum absolute atomic E-state index is 0.0197. The lowest BCUT2D eigenvalue weighted by atomic mass is 10.1. The van der Waals surface area contributed by atoms with Crippen LogP contribution in [-0.4, -0.2) is 95.9 Å². The van der Waals surface area contributed by atoms with Crippen molar-refractivity contribution < 1.29 is 9.90 Å². The third kappa shape index (κ3) is 5.05. The van der Waals surface area contributed by atoms with Gasteiger partial charge in [-0.3, -0.25) is 29.6 Å². The van der Waals surface area contributed by atoms with E-state index in [-0.39, 0.29) is 12.5 Å². The van der Waals surface area contributed by atoms with E-state index in [1.54, 1.807) is 0 Å². The molecule has 2 N–H and O–H groups in total. The Morgan fingerprint density at radius 2 is 1.66 bits per heavy atom. The molecule has 0 spiro atoms. The Labute approximate surface area is 172 Å². The first-order valence-corrected chi connectivity index (χ1v) is 10.6. The van der Waals surface area contributed by atoms with Crippen molar-refractivity contribution in [2.24, 2.45) is 0 Å². The quantitative estimate of drug-likeness (QED) is 0.729. The topological polar surface area (TPSA) is 64.0 Å². The zero-order chi connectivity index (χ0) is 20.1. The van der Waals surface area contributed by atoms with Gasteiger partial charge in [0.05, 0.1) is 12.1 Å². The third-order valence-corrected chi connectivity index (χ3v) is 5.96. The number of rotatable bonds is 7. The molecule has 0 aliphatic carbocycles. The van der Waals surface area contributed by atoms with Crippen LogP contribution in [0.1, 0.15) is 6.42 Å². The molecule has 0 radical (unpaired) electrons. The average molecular weight is 398 g/mol. The molecule has 156 valence electrons. The van der Waals surface area contributed by atoms with Gasteiger partial charge < -0.3 is 5.11 Å². The van der Waals surface area contributed by atoms with E-state index in [4.69, 9.17) is 5.11 Å². The molecule has 1 fully saturated rings. The minimum atomic E-state index is -0.0197. The fraction of sp³-hybridized carbons (Fsp3) is 0.500. The van der Waals surface area contributed by atoms with Crippen LogP contribution in [0, 0.1) is 0 Å². The number of aliphatic hydroxyl groups excluding tert-OH is 1. The molecule has 0 bridgehead atoms. The SMILES string of the molecule is O=C(Nn1ccc2ccccc21)C1=CCCN(CCN2CCN(CCO)CC2)C1. The summed E-state index contributed by atoms with van der Waals surface area (Å²) in [6.45, 7) is 8.90. The van der Waals surface area contributed by atoms with Crippen LogP contribution >= 0.6 is 0 Å². The molecule has 2 aliphatic rings. The lowest BCUT2D eigenvalue weighted by Gasteiger charge is -2.36. The molecule has 1 aromatic heterocycles. The van der Waals surface area contributed by atoms with E-state index < -0.39 is 0 Å². The van der Waals surface area contributed by atoms with E-state index >= 15 is 0 Å². The number of piperazine rings is 1. The van der Waals surface area contributed by atoms with Crippen molar-refractivity contribution >= 4 is 16.8 Å². The van der Waals surface area contributed by atoms with Crippen molar-refractivity contribution in [3.05, 3.63) is 48.2 Å². The summed E-state index contributed by atoms with van der Waals surface area (Å²) in [6, 6.07) is 10.1. The summed E-state index contributed by atoms with van der Waals surface area (Å²) in [5.41, 5.74) is 4.88. The lowest BCUT2D eigenvalue weighted by Crippen LogP contribution is -2.49. The standard InChI is InChI=1S/C22H31N5O2/c28-17-16-25-12-10-24(11-13-25)14-15-26-8-3-5-20(18-26)22(29)23-27-9-7-19-4-1-2-6-21(19)27/h1-2,4-7,9,28H,3,8,10-18H2,(H,23,29). The van der Waals surface area contributed by atoms with Crippen LogP contribution in [0.4, 0.5) is 0 Å². The Morgan fingerprint density at radius 1 is 0.931 bits per heavy atom. The predicted octanol–water partition coefficient (Wildman–Crippen LogP) is 0.953. The van der Waals surface area contributed by atoms with Gasteiger partial charge in [0.2, 0.25) is 0 Å². The zero-order valence-corrected chi connectivity index (χ0v) is 17.0. The Bertz CT molecular complexity index is 854. The number of aromatic nitrogens is 1. The monoisotopic (exact) mass is 397 g/mol. The number of fused-ring (bicyclic) bond motifs is 1. The van der Waals surface area contributed by atoms with Gasteiger partial charge >= 0.3 is 0 Å². The number of nitrogens with one attached hydrogen (secondary N) is 1. The fourth-order valence-corrected chi connectivity index (χ4v) is 4.18. The van der Waals surface area contributed by atoms with Crippen LogP contribution in [0.5, 0.6) is 0 Å². The normalized spacial score (nSPS) is 19.4. The first-order valence-electron chi connectivity index (χ1n) is 10.6. The maximum absolute atomic E-state index is 12.8. The molecule has 0 saturated carbocycles. The Morgan fingerprint density at radius 3 is 2.45 bits per heavy atom. The molecule has 0 atom stereocenters. The van der Waals surface area contributed by atoms with Gasteiger partial charge in [-0.2, -0.15) is 0 Å². The second-order valence-corrected chi connectivity index (χ2v) is 7.89. The van der Waals surface area contributed by atoms with Gasteiger partial charge in [0.15, 0.2) is 0 Å². The molecule has 29 heavy (non-hydrogen) atoms. The summed E-state index contributed by atoms with van der Waals surface area (Å²) in [5, 5.41) is 10.2. The van der Waals surface area contributed by atoms with Crippen molar-refractivity contribution in [1.29, 1.82) is 0 Å². The largest absolute Gasteiger partial charge is 0.395 e. The second kappa shape index (κ2) is 9.54. The Kier molecular flexibility index (Phi) is 6.61. The highest BCUT2D eigenvalue weighted by molar-refractivity contribution is 6.00. The number of amides is 1. The van der Waals surface area contributed by atoms with Gasteiger partial charge in [-0.25, -0.2) is 0 Å². The highest BCUT2D eigenvalue weighted by Gasteiger charge is 2.21. The molecule has 1 amide bonds. The first-order chi connectivity index (χ1) is 14.2. The van der Waals surface area contributed by atoms with Crippen molar-refractivity contribution in [1.82, 2.24) is 19.4 Å². The van der Waals surface area contributed by atoms with Gasteiger partial charge in [0.25, 0.3) is 5.91 Å². The van der Waals surface area contributed by atoms with Crippen molar-refractivity contribution in [3.63, 3.8) is 0 Å². The van der Waals surface area contributed by atoms with Crippen LogP contribution in [-0.2, 0) is 4.79 Å². The lowest BCUT2D eigenvalue weighted by molar-refractivity contribution is -0.114. The number of hydrogen-bond acceptors (Lipinski definition) is 5. The molecule has 1 saturated heterocycles. The second-order valence-electron chi connectivity index (χ2n) is 7.89. The summed E-state index contributed by atoms with van der Waals surface area (Å²) >= 11 is 0. The number of para-hydroxylation sites is 1. The van der Waals surface area contributed by atoms with E-state index in [0.29, 0.717) is 6.54 Å². The fourth-order valence-electron chi connectivity index (χ4n) is 4.18. The summed E-state index contributed by atoms with van der Waals surface area (Å²) in [5.74, 6) is -0.0197. The van der Waals surface area contributed by atoms with Crippen LogP contribution in [0.15, 0.2) is 48.2 Å². The molecular weight excluding hydrogens is 366 g/mol. The van der Waals surface area contributed by atoms with Crippen LogP contribution in [0.2, 0.25) is 0 Å². The van der Waals surface area contributed by atoms with Gasteiger partial charge in [-0.1, -0.05) is 24.3 Å². The maximum Gasteiger partial charge on any atom is 0.267 e. The van der Waals surface area contributed by atoms with E-state index in [1.807, 2.05) is 41.2 Å². The van der Waals surface area contributed by atoms with E-state index in [0.717, 1.165) is 75.3 Å². The molecular formula is C22H31N5O2. The first kappa shape index (κ1) is 20.1. The van der Waals surface area contributed by atoms with Crippen molar-refractivity contribution in [2.75, 3.05) is 70.9 Å². The molecule has 3 heterocycles. The van der Waals surface area contributed by atoms with E-state index in [1.165, 1.54) is 0 Å². The Hall–Kier alpha value is -2.19. The minimum Gasteiger partial charge on any atom is -0.395 e. The number of benzene rings is 1. The van der Waals surface area contributed by atoms with Crippen LogP contribution < -0.4 is 5.43 Å².